The normalized spacial score (nSPS) is 13.2. The molecular formula is C26H43N3O4. The molecule has 0 radical (unpaired) electrons. The van der Waals surface area contributed by atoms with E-state index in [0.29, 0.717) is 19.5 Å². The van der Waals surface area contributed by atoms with Crippen LogP contribution in [0, 0.1) is 12.8 Å². The number of amides is 3. The summed E-state index contributed by atoms with van der Waals surface area (Å²) in [6.45, 7) is 16.0. The summed E-state index contributed by atoms with van der Waals surface area (Å²) in [5.41, 5.74) is 1.08. The van der Waals surface area contributed by atoms with Crippen molar-refractivity contribution >= 4 is 17.9 Å². The first-order valence-electron chi connectivity index (χ1n) is 12.1. The number of alkyl carbamates (subject to hydrolysis) is 1. The lowest BCUT2D eigenvalue weighted by atomic mass is 9.97. The first-order chi connectivity index (χ1) is 15.4. The van der Waals surface area contributed by atoms with Crippen molar-refractivity contribution in [3.63, 3.8) is 0 Å². The van der Waals surface area contributed by atoms with Crippen LogP contribution in [-0.4, -0.2) is 47.5 Å². The van der Waals surface area contributed by atoms with E-state index in [0.717, 1.165) is 24.0 Å². The number of hydrogen-bond acceptors (Lipinski definition) is 4. The van der Waals surface area contributed by atoms with E-state index in [1.54, 1.807) is 25.7 Å². The molecule has 0 saturated heterocycles. The smallest absolute Gasteiger partial charge is 0.408 e. The predicted octanol–water partition coefficient (Wildman–Crippen LogP) is 4.74. The highest BCUT2D eigenvalue weighted by molar-refractivity contribution is 5.92. The van der Waals surface area contributed by atoms with Gasteiger partial charge < -0.3 is 20.3 Å². The van der Waals surface area contributed by atoms with Gasteiger partial charge in [0.2, 0.25) is 11.8 Å². The molecule has 2 N–H and O–H groups in total. The molecule has 2 unspecified atom stereocenters. The second-order valence-corrected chi connectivity index (χ2v) is 9.86. The summed E-state index contributed by atoms with van der Waals surface area (Å²) in [5.74, 6) is -0.698. The topological polar surface area (TPSA) is 87.7 Å². The van der Waals surface area contributed by atoms with E-state index in [9.17, 15) is 14.4 Å². The lowest BCUT2D eigenvalue weighted by molar-refractivity contribution is -0.143. The Morgan fingerprint density at radius 2 is 1.76 bits per heavy atom. The average Bonchev–Trinajstić information content (AvgIpc) is 2.70. The molecule has 0 aromatic heterocycles. The number of unbranched alkanes of at least 4 members (excludes halogenated alkanes) is 1. The van der Waals surface area contributed by atoms with Crippen molar-refractivity contribution in [2.75, 3.05) is 13.1 Å². The lowest BCUT2D eigenvalue weighted by Gasteiger charge is -2.35. The van der Waals surface area contributed by atoms with Crippen LogP contribution in [0.15, 0.2) is 24.3 Å². The summed E-state index contributed by atoms with van der Waals surface area (Å²) in [6, 6.07) is 6.06. The molecule has 0 aliphatic carbocycles. The van der Waals surface area contributed by atoms with Crippen LogP contribution in [-0.2, 0) is 14.3 Å². The second kappa shape index (κ2) is 13.2. The molecule has 0 spiro atoms. The standard InChI is InChI=1S/C26H43N3O4/c1-9-11-15-27-23(30)22(20-14-12-13-19(5)17-20)29(16-10-2)24(31)21(18(3)4)28-25(32)33-26(6,7)8/h12-14,17-18,21-22H,9-11,15-16H2,1-8H3,(H,27,30)(H,28,32). The fourth-order valence-corrected chi connectivity index (χ4v) is 3.53. The lowest BCUT2D eigenvalue weighted by Crippen LogP contribution is -2.55. The van der Waals surface area contributed by atoms with Crippen molar-refractivity contribution in [2.24, 2.45) is 5.92 Å². The van der Waals surface area contributed by atoms with E-state index in [-0.39, 0.29) is 17.7 Å². The summed E-state index contributed by atoms with van der Waals surface area (Å²) < 4.78 is 5.38. The maximum Gasteiger partial charge on any atom is 0.408 e. The van der Waals surface area contributed by atoms with Gasteiger partial charge in [0.1, 0.15) is 17.7 Å². The zero-order valence-corrected chi connectivity index (χ0v) is 21.7. The fourth-order valence-electron chi connectivity index (χ4n) is 3.53. The van der Waals surface area contributed by atoms with Gasteiger partial charge in [0, 0.05) is 13.1 Å². The molecule has 3 amide bonds. The average molecular weight is 462 g/mol. The number of aryl methyl sites for hydroxylation is 1. The molecule has 0 fully saturated rings. The molecule has 7 heteroatoms. The third-order valence-corrected chi connectivity index (χ3v) is 5.10. The first kappa shape index (κ1) is 28.5. The van der Waals surface area contributed by atoms with E-state index in [1.807, 2.05) is 52.0 Å². The van der Waals surface area contributed by atoms with Crippen LogP contribution < -0.4 is 10.6 Å². The van der Waals surface area contributed by atoms with Crippen LogP contribution in [0.1, 0.15) is 84.9 Å². The number of carbonyl (C=O) groups excluding carboxylic acids is 3. The van der Waals surface area contributed by atoms with Crippen LogP contribution in [0.3, 0.4) is 0 Å². The minimum Gasteiger partial charge on any atom is -0.444 e. The van der Waals surface area contributed by atoms with Gasteiger partial charge in [-0.05, 0) is 52.0 Å². The summed E-state index contributed by atoms with van der Waals surface area (Å²) in [7, 11) is 0. The van der Waals surface area contributed by atoms with E-state index in [4.69, 9.17) is 4.74 Å². The predicted molar refractivity (Wildman–Crippen MR) is 132 cm³/mol. The summed E-state index contributed by atoms with van der Waals surface area (Å²) in [6.07, 6.45) is 1.85. The quantitative estimate of drug-likeness (QED) is 0.466. The number of nitrogens with zero attached hydrogens (tertiary/aromatic N) is 1. The van der Waals surface area contributed by atoms with Crippen LogP contribution in [0.5, 0.6) is 0 Å². The highest BCUT2D eigenvalue weighted by Crippen LogP contribution is 2.25. The Labute approximate surface area is 199 Å². The number of rotatable bonds is 11. The maximum absolute atomic E-state index is 13.8. The Kier molecular flexibility index (Phi) is 11.4. The van der Waals surface area contributed by atoms with Gasteiger partial charge in [-0.15, -0.1) is 0 Å². The van der Waals surface area contributed by atoms with Crippen LogP contribution in [0.25, 0.3) is 0 Å². The van der Waals surface area contributed by atoms with E-state index < -0.39 is 23.8 Å². The molecule has 0 aliphatic heterocycles. The van der Waals surface area contributed by atoms with Gasteiger partial charge in [-0.3, -0.25) is 9.59 Å². The molecule has 0 aliphatic rings. The summed E-state index contributed by atoms with van der Waals surface area (Å²) in [5, 5.41) is 5.73. The van der Waals surface area contributed by atoms with Crippen molar-refractivity contribution < 1.29 is 19.1 Å². The Balaban J connectivity index is 3.34. The third-order valence-electron chi connectivity index (χ3n) is 5.10. The molecule has 1 rings (SSSR count). The molecule has 7 nitrogen and oxygen atoms in total. The van der Waals surface area contributed by atoms with Gasteiger partial charge in [-0.1, -0.05) is 63.9 Å². The number of hydrogen-bond donors (Lipinski definition) is 2. The molecule has 0 heterocycles. The fraction of sp³-hybridized carbons (Fsp3) is 0.654. The Morgan fingerprint density at radius 1 is 1.09 bits per heavy atom. The molecule has 1 aromatic rings. The Hall–Kier alpha value is -2.57. The zero-order chi connectivity index (χ0) is 25.2. The number of carbonyl (C=O) groups is 3. The monoisotopic (exact) mass is 461 g/mol. The minimum atomic E-state index is -0.817. The van der Waals surface area contributed by atoms with Crippen LogP contribution in [0.4, 0.5) is 4.79 Å². The van der Waals surface area contributed by atoms with Gasteiger partial charge in [-0.2, -0.15) is 0 Å². The highest BCUT2D eigenvalue weighted by atomic mass is 16.6. The second-order valence-electron chi connectivity index (χ2n) is 9.86. The highest BCUT2D eigenvalue weighted by Gasteiger charge is 2.37. The zero-order valence-electron chi connectivity index (χ0n) is 21.7. The molecular weight excluding hydrogens is 418 g/mol. The molecule has 1 aromatic carbocycles. The van der Waals surface area contributed by atoms with Crippen LogP contribution >= 0.6 is 0 Å². The van der Waals surface area contributed by atoms with E-state index in [1.165, 1.54) is 0 Å². The summed E-state index contributed by atoms with van der Waals surface area (Å²) >= 11 is 0. The van der Waals surface area contributed by atoms with Gasteiger partial charge in [0.25, 0.3) is 0 Å². The molecule has 2 atom stereocenters. The largest absolute Gasteiger partial charge is 0.444 e. The van der Waals surface area contributed by atoms with Crippen molar-refractivity contribution in [1.29, 1.82) is 0 Å². The SMILES string of the molecule is CCCCNC(=O)C(c1cccc(C)c1)N(CCC)C(=O)C(NC(=O)OC(C)(C)C)C(C)C. The number of nitrogens with one attached hydrogen (secondary N) is 2. The summed E-state index contributed by atoms with van der Waals surface area (Å²) in [4.78, 5) is 41.2. The van der Waals surface area contributed by atoms with Gasteiger partial charge in [0.15, 0.2) is 0 Å². The number of benzene rings is 1. The third kappa shape index (κ3) is 9.44. The van der Waals surface area contributed by atoms with Crippen molar-refractivity contribution in [3.05, 3.63) is 35.4 Å². The molecule has 0 bridgehead atoms. The van der Waals surface area contributed by atoms with Crippen molar-refractivity contribution in [2.45, 2.75) is 92.3 Å². The number of ether oxygens (including phenoxy) is 1. The minimum absolute atomic E-state index is 0.189. The van der Waals surface area contributed by atoms with Crippen molar-refractivity contribution in [1.82, 2.24) is 15.5 Å². The Morgan fingerprint density at radius 3 is 2.27 bits per heavy atom. The van der Waals surface area contributed by atoms with Crippen LogP contribution in [0.2, 0.25) is 0 Å². The molecule has 33 heavy (non-hydrogen) atoms. The Bertz CT molecular complexity index is 786. The van der Waals surface area contributed by atoms with Crippen molar-refractivity contribution in [3.8, 4) is 0 Å². The van der Waals surface area contributed by atoms with Gasteiger partial charge >= 0.3 is 6.09 Å². The molecule has 0 saturated carbocycles. The van der Waals surface area contributed by atoms with E-state index in [2.05, 4.69) is 17.6 Å². The van der Waals surface area contributed by atoms with Gasteiger partial charge in [0.05, 0.1) is 0 Å². The van der Waals surface area contributed by atoms with Gasteiger partial charge in [-0.25, -0.2) is 4.79 Å². The van der Waals surface area contributed by atoms with E-state index >= 15 is 0 Å². The maximum atomic E-state index is 13.8. The molecule has 186 valence electrons. The first-order valence-corrected chi connectivity index (χ1v) is 12.1.